The first-order chi connectivity index (χ1) is 9.31. The van der Waals surface area contributed by atoms with Crippen molar-refractivity contribution in [3.05, 3.63) is 28.8 Å². The van der Waals surface area contributed by atoms with Gasteiger partial charge in [-0.1, -0.05) is 31.5 Å². The lowest BCUT2D eigenvalue weighted by atomic mass is 10.1. The van der Waals surface area contributed by atoms with E-state index < -0.39 is 0 Å². The maximum atomic E-state index is 12.1. The summed E-state index contributed by atoms with van der Waals surface area (Å²) in [7, 11) is 1.83. The number of aryl methyl sites for hydroxylation is 1. The van der Waals surface area contributed by atoms with Crippen molar-refractivity contribution in [3.63, 3.8) is 0 Å². The lowest BCUT2D eigenvalue weighted by molar-refractivity contribution is -0.132. The summed E-state index contributed by atoms with van der Waals surface area (Å²) in [5, 5.41) is 0.613. The van der Waals surface area contributed by atoms with Crippen LogP contribution < -0.4 is 4.74 Å². The third-order valence-electron chi connectivity index (χ3n) is 3.96. The van der Waals surface area contributed by atoms with Crippen molar-refractivity contribution in [1.29, 1.82) is 0 Å². The average molecular weight is 296 g/mol. The van der Waals surface area contributed by atoms with Crippen LogP contribution in [-0.2, 0) is 4.79 Å². The Morgan fingerprint density at radius 2 is 2.15 bits per heavy atom. The Bertz CT molecular complexity index is 513. The first-order valence-corrected chi connectivity index (χ1v) is 7.33. The van der Waals surface area contributed by atoms with Gasteiger partial charge in [0, 0.05) is 13.0 Å². The first kappa shape index (κ1) is 15.2. The smallest absolute Gasteiger partial charge is 0.226 e. The third kappa shape index (κ3) is 3.45. The van der Waals surface area contributed by atoms with Gasteiger partial charge in [-0.25, -0.2) is 0 Å². The number of benzene rings is 1. The molecule has 0 spiro atoms. The zero-order valence-electron chi connectivity index (χ0n) is 12.6. The van der Waals surface area contributed by atoms with Gasteiger partial charge >= 0.3 is 0 Å². The van der Waals surface area contributed by atoms with Crippen molar-refractivity contribution in [2.75, 3.05) is 20.2 Å². The van der Waals surface area contributed by atoms with Gasteiger partial charge in [-0.3, -0.25) is 4.79 Å². The fourth-order valence-corrected chi connectivity index (χ4v) is 2.57. The molecule has 0 saturated heterocycles. The number of likely N-dealkylation sites (N-methyl/N-ethyl adjacent to an activating group) is 1. The van der Waals surface area contributed by atoms with E-state index in [9.17, 15) is 4.79 Å². The van der Waals surface area contributed by atoms with Gasteiger partial charge in [-0.05, 0) is 36.5 Å². The van der Waals surface area contributed by atoms with Crippen molar-refractivity contribution >= 4 is 17.5 Å². The van der Waals surface area contributed by atoms with Gasteiger partial charge in [0.1, 0.15) is 12.4 Å². The van der Waals surface area contributed by atoms with Crippen LogP contribution in [0, 0.1) is 18.3 Å². The first-order valence-electron chi connectivity index (χ1n) is 6.95. The lowest BCUT2D eigenvalue weighted by Gasteiger charge is -2.18. The molecule has 0 aliphatic heterocycles. The van der Waals surface area contributed by atoms with Gasteiger partial charge in [-0.15, -0.1) is 0 Å². The highest BCUT2D eigenvalue weighted by Crippen LogP contribution is 2.52. The molecular weight excluding hydrogens is 274 g/mol. The summed E-state index contributed by atoms with van der Waals surface area (Å²) in [4.78, 5) is 13.9. The van der Waals surface area contributed by atoms with Crippen LogP contribution in [0.3, 0.4) is 0 Å². The third-order valence-corrected chi connectivity index (χ3v) is 4.25. The molecule has 0 aromatic heterocycles. The number of rotatable bonds is 5. The zero-order chi connectivity index (χ0) is 14.9. The van der Waals surface area contributed by atoms with Crippen molar-refractivity contribution in [3.8, 4) is 5.75 Å². The predicted octanol–water partition coefficient (Wildman–Crippen LogP) is 3.53. The van der Waals surface area contributed by atoms with Gasteiger partial charge < -0.3 is 9.64 Å². The largest absolute Gasteiger partial charge is 0.490 e. The van der Waals surface area contributed by atoms with E-state index >= 15 is 0 Å². The Labute approximate surface area is 125 Å². The van der Waals surface area contributed by atoms with Gasteiger partial charge in [0.15, 0.2) is 0 Å². The second-order valence-electron chi connectivity index (χ2n) is 6.29. The number of carbonyl (C=O) groups excluding carboxylic acids is 1. The molecule has 0 bridgehead atoms. The van der Waals surface area contributed by atoms with Gasteiger partial charge in [0.05, 0.1) is 11.6 Å². The molecule has 1 atom stereocenters. The molecule has 1 fully saturated rings. The highest BCUT2D eigenvalue weighted by atomic mass is 35.5. The van der Waals surface area contributed by atoms with Crippen molar-refractivity contribution in [2.24, 2.45) is 11.3 Å². The van der Waals surface area contributed by atoms with Crippen molar-refractivity contribution < 1.29 is 9.53 Å². The maximum absolute atomic E-state index is 12.1. The van der Waals surface area contributed by atoms with E-state index in [-0.39, 0.29) is 17.2 Å². The number of amides is 1. The van der Waals surface area contributed by atoms with Crippen LogP contribution in [0.5, 0.6) is 5.75 Å². The molecule has 0 heterocycles. The van der Waals surface area contributed by atoms with Crippen molar-refractivity contribution in [2.45, 2.75) is 27.2 Å². The van der Waals surface area contributed by atoms with E-state index in [4.69, 9.17) is 16.3 Å². The van der Waals surface area contributed by atoms with E-state index in [0.717, 1.165) is 12.0 Å². The molecule has 1 amide bonds. The average Bonchev–Trinajstić information content (AvgIpc) is 3.00. The van der Waals surface area contributed by atoms with Gasteiger partial charge in [0.2, 0.25) is 5.91 Å². The molecule has 1 aliphatic carbocycles. The highest BCUT2D eigenvalue weighted by molar-refractivity contribution is 6.32. The Morgan fingerprint density at radius 3 is 2.70 bits per heavy atom. The molecule has 3 nitrogen and oxygen atoms in total. The Morgan fingerprint density at radius 1 is 1.50 bits per heavy atom. The molecule has 20 heavy (non-hydrogen) atoms. The molecule has 1 unspecified atom stereocenters. The molecule has 1 aromatic rings. The molecule has 1 saturated carbocycles. The molecular formula is C16H22ClNO2. The molecule has 1 aliphatic rings. The normalized spacial score (nSPS) is 19.6. The Hall–Kier alpha value is -1.22. The summed E-state index contributed by atoms with van der Waals surface area (Å²) >= 11 is 6.10. The van der Waals surface area contributed by atoms with E-state index in [2.05, 4.69) is 13.8 Å². The topological polar surface area (TPSA) is 29.5 Å². The number of nitrogens with zero attached hydrogens (tertiary/aromatic N) is 1. The summed E-state index contributed by atoms with van der Waals surface area (Å²) in [6, 6.07) is 5.70. The molecule has 4 heteroatoms. The van der Waals surface area contributed by atoms with E-state index in [0.29, 0.717) is 23.9 Å². The number of ether oxygens (including phenoxy) is 1. The van der Waals surface area contributed by atoms with Crippen LogP contribution in [0.4, 0.5) is 0 Å². The van der Waals surface area contributed by atoms with Crippen LogP contribution >= 0.6 is 11.6 Å². The van der Waals surface area contributed by atoms with Gasteiger partial charge in [-0.2, -0.15) is 0 Å². The fraction of sp³-hybridized carbons (Fsp3) is 0.562. The summed E-state index contributed by atoms with van der Waals surface area (Å²) in [5.74, 6) is 1.06. The minimum atomic E-state index is 0.173. The highest BCUT2D eigenvalue weighted by Gasteiger charge is 2.51. The summed E-state index contributed by atoms with van der Waals surface area (Å²) in [6.45, 7) is 7.28. The second-order valence-corrected chi connectivity index (χ2v) is 6.69. The van der Waals surface area contributed by atoms with Crippen LogP contribution in [0.1, 0.15) is 25.8 Å². The Balaban J connectivity index is 1.79. The molecule has 0 radical (unpaired) electrons. The van der Waals surface area contributed by atoms with Crippen LogP contribution in [0.25, 0.3) is 0 Å². The Kier molecular flexibility index (Phi) is 4.28. The molecule has 2 rings (SSSR count). The minimum Gasteiger partial charge on any atom is -0.490 e. The number of hydrogen-bond donors (Lipinski definition) is 0. The summed E-state index contributed by atoms with van der Waals surface area (Å²) in [6.07, 6.45) is 0.987. The number of hydrogen-bond acceptors (Lipinski definition) is 2. The predicted molar refractivity (Wildman–Crippen MR) is 81.2 cm³/mol. The SMILES string of the molecule is Cc1ccc(OCCN(C)C(=O)C2CC2(C)C)c(Cl)c1. The second kappa shape index (κ2) is 5.65. The van der Waals surface area contributed by atoms with Crippen LogP contribution in [-0.4, -0.2) is 31.0 Å². The quantitative estimate of drug-likeness (QED) is 0.831. The van der Waals surface area contributed by atoms with Crippen molar-refractivity contribution in [1.82, 2.24) is 4.90 Å². The minimum absolute atomic E-state index is 0.173. The summed E-state index contributed by atoms with van der Waals surface area (Å²) in [5.41, 5.74) is 1.28. The number of carbonyl (C=O) groups is 1. The summed E-state index contributed by atoms with van der Waals surface area (Å²) < 4.78 is 5.64. The lowest BCUT2D eigenvalue weighted by Crippen LogP contribution is -2.33. The fourth-order valence-electron chi connectivity index (χ4n) is 2.28. The zero-order valence-corrected chi connectivity index (χ0v) is 13.3. The number of halogens is 1. The van der Waals surface area contributed by atoms with E-state index in [1.54, 1.807) is 4.90 Å². The van der Waals surface area contributed by atoms with E-state index in [1.807, 2.05) is 32.2 Å². The van der Waals surface area contributed by atoms with Crippen LogP contribution in [0.15, 0.2) is 18.2 Å². The van der Waals surface area contributed by atoms with Crippen LogP contribution in [0.2, 0.25) is 5.02 Å². The maximum Gasteiger partial charge on any atom is 0.226 e. The van der Waals surface area contributed by atoms with E-state index in [1.165, 1.54) is 0 Å². The molecule has 1 aromatic carbocycles. The van der Waals surface area contributed by atoms with Gasteiger partial charge in [0.25, 0.3) is 0 Å². The standard InChI is InChI=1S/C16H22ClNO2/c1-11-5-6-14(13(17)9-11)20-8-7-18(4)15(19)12-10-16(12,2)3/h5-6,9,12H,7-8,10H2,1-4H3. The monoisotopic (exact) mass is 295 g/mol. The molecule has 110 valence electrons. The molecule has 0 N–H and O–H groups in total.